The third kappa shape index (κ3) is 10.6. The second kappa shape index (κ2) is 16.3. The molecule has 228 valence electrons. The molecular formula is C29H42N8O5. The van der Waals surface area contributed by atoms with Crippen molar-refractivity contribution in [3.8, 4) is 5.75 Å². The summed E-state index contributed by atoms with van der Waals surface area (Å²) in [7, 11) is 5.41. The Labute approximate surface area is 246 Å². The lowest BCUT2D eigenvalue weighted by Gasteiger charge is -2.24. The highest BCUT2D eigenvalue weighted by molar-refractivity contribution is 5.96. The Hall–Kier alpha value is -4.23. The largest absolute Gasteiger partial charge is 0.493 e. The molecule has 3 rings (SSSR count). The van der Waals surface area contributed by atoms with Gasteiger partial charge in [-0.05, 0) is 52.4 Å². The molecule has 2 aromatic rings. The zero-order valence-electron chi connectivity index (χ0n) is 24.8. The summed E-state index contributed by atoms with van der Waals surface area (Å²) in [6.45, 7) is 4.53. The fourth-order valence-electron chi connectivity index (χ4n) is 4.08. The van der Waals surface area contributed by atoms with E-state index in [1.807, 2.05) is 37.2 Å². The van der Waals surface area contributed by atoms with Crippen molar-refractivity contribution in [2.75, 3.05) is 71.2 Å². The topological polar surface area (TPSA) is 164 Å². The number of nitrogens with one attached hydrogen (secondary N) is 3. The van der Waals surface area contributed by atoms with E-state index in [9.17, 15) is 14.4 Å². The van der Waals surface area contributed by atoms with Gasteiger partial charge in [-0.2, -0.15) is 0 Å². The number of aromatic nitrogens is 2. The second-order valence-electron chi connectivity index (χ2n) is 10.3. The fourth-order valence-corrected chi connectivity index (χ4v) is 4.08. The van der Waals surface area contributed by atoms with Crippen molar-refractivity contribution >= 4 is 35.0 Å². The van der Waals surface area contributed by atoms with Gasteiger partial charge in [-0.3, -0.25) is 14.4 Å². The molecular weight excluding hydrogens is 540 g/mol. The van der Waals surface area contributed by atoms with Gasteiger partial charge >= 0.3 is 0 Å². The molecule has 1 aliphatic heterocycles. The zero-order chi connectivity index (χ0) is 30.5. The summed E-state index contributed by atoms with van der Waals surface area (Å²) in [5, 5.41) is 9.35. The number of nitrogens with two attached hydrogens (primary N) is 1. The molecule has 1 fully saturated rings. The third-order valence-corrected chi connectivity index (χ3v) is 6.36. The van der Waals surface area contributed by atoms with Crippen LogP contribution >= 0.6 is 0 Å². The van der Waals surface area contributed by atoms with Gasteiger partial charge in [-0.1, -0.05) is 12.1 Å². The van der Waals surface area contributed by atoms with E-state index in [-0.39, 0.29) is 35.9 Å². The summed E-state index contributed by atoms with van der Waals surface area (Å²) in [6, 6.07) is 7.42. The van der Waals surface area contributed by atoms with Crippen LogP contribution in [0, 0.1) is 6.92 Å². The molecule has 1 aromatic carbocycles. The van der Waals surface area contributed by atoms with Crippen LogP contribution in [0.4, 0.5) is 17.3 Å². The van der Waals surface area contributed by atoms with Crippen LogP contribution in [0.5, 0.6) is 5.75 Å². The molecule has 3 amide bonds. The van der Waals surface area contributed by atoms with Crippen molar-refractivity contribution in [2.45, 2.75) is 32.2 Å². The Morgan fingerprint density at radius 3 is 2.62 bits per heavy atom. The number of hydrogen-bond donors (Lipinski definition) is 4. The lowest BCUT2D eigenvalue weighted by Crippen LogP contribution is -2.38. The maximum absolute atomic E-state index is 12.2. The molecule has 5 N–H and O–H groups in total. The average Bonchev–Trinajstić information content (AvgIpc) is 2.94. The zero-order valence-corrected chi connectivity index (χ0v) is 24.8. The number of amides is 3. The van der Waals surface area contributed by atoms with Crippen LogP contribution < -0.4 is 26.4 Å². The Morgan fingerprint density at radius 1 is 1.14 bits per heavy atom. The first kappa shape index (κ1) is 32.3. The van der Waals surface area contributed by atoms with Crippen LogP contribution in [0.15, 0.2) is 36.4 Å². The minimum absolute atomic E-state index is 0.0266. The van der Waals surface area contributed by atoms with E-state index in [2.05, 4.69) is 25.9 Å². The number of ether oxygens (including phenoxy) is 2. The number of carbonyl (C=O) groups excluding carboxylic acids is 3. The van der Waals surface area contributed by atoms with Gasteiger partial charge in [-0.25, -0.2) is 9.97 Å². The Kier molecular flexibility index (Phi) is 12.5. The number of aryl methyl sites for hydroxylation is 1. The maximum atomic E-state index is 12.2. The average molecular weight is 583 g/mol. The molecule has 1 aliphatic rings. The van der Waals surface area contributed by atoms with Gasteiger partial charge in [0.1, 0.15) is 11.6 Å². The minimum Gasteiger partial charge on any atom is -0.493 e. The SMILES string of the molecule is Cc1nc(C(N)=O)c(Nc2cccc(OCCCNC(=O)CN(C)C(=O)/C=C/CN(C)C)c2)nc1NC1CCOCC1. The van der Waals surface area contributed by atoms with Gasteiger partial charge in [0, 0.05) is 57.2 Å². The number of primary amides is 1. The van der Waals surface area contributed by atoms with Crippen molar-refractivity contribution in [3.63, 3.8) is 0 Å². The Morgan fingerprint density at radius 2 is 1.90 bits per heavy atom. The molecule has 0 aliphatic carbocycles. The highest BCUT2D eigenvalue weighted by Gasteiger charge is 2.20. The Bertz CT molecular complexity index is 1250. The normalized spacial score (nSPS) is 13.6. The first-order chi connectivity index (χ1) is 20.1. The van der Waals surface area contributed by atoms with Crippen molar-refractivity contribution in [3.05, 3.63) is 47.8 Å². The second-order valence-corrected chi connectivity index (χ2v) is 10.3. The van der Waals surface area contributed by atoms with E-state index in [0.29, 0.717) is 62.3 Å². The highest BCUT2D eigenvalue weighted by atomic mass is 16.5. The first-order valence-electron chi connectivity index (χ1n) is 14.0. The molecule has 42 heavy (non-hydrogen) atoms. The monoisotopic (exact) mass is 582 g/mol. The highest BCUT2D eigenvalue weighted by Crippen LogP contribution is 2.25. The van der Waals surface area contributed by atoms with Gasteiger partial charge in [0.05, 0.1) is 18.8 Å². The summed E-state index contributed by atoms with van der Waals surface area (Å²) in [5.41, 5.74) is 6.86. The number of benzene rings is 1. The van der Waals surface area contributed by atoms with E-state index in [1.54, 1.807) is 26.1 Å². The number of likely N-dealkylation sites (N-methyl/N-ethyl adjacent to an activating group) is 2. The number of anilines is 3. The lowest BCUT2D eigenvalue weighted by atomic mass is 10.1. The number of rotatable bonds is 15. The molecule has 13 heteroatoms. The van der Waals surface area contributed by atoms with E-state index >= 15 is 0 Å². The number of hydrogen-bond acceptors (Lipinski definition) is 10. The molecule has 0 spiro atoms. The summed E-state index contributed by atoms with van der Waals surface area (Å²) < 4.78 is 11.3. The lowest BCUT2D eigenvalue weighted by molar-refractivity contribution is -0.131. The van der Waals surface area contributed by atoms with Gasteiger partial charge in [0.25, 0.3) is 5.91 Å². The van der Waals surface area contributed by atoms with Crippen LogP contribution in [0.25, 0.3) is 0 Å². The molecule has 2 heterocycles. The molecule has 13 nitrogen and oxygen atoms in total. The van der Waals surface area contributed by atoms with Crippen LogP contribution in [-0.4, -0.2) is 104 Å². The molecule has 0 bridgehead atoms. The molecule has 1 aromatic heterocycles. The number of nitrogens with zero attached hydrogens (tertiary/aromatic N) is 4. The molecule has 1 saturated heterocycles. The smallest absolute Gasteiger partial charge is 0.271 e. The quantitative estimate of drug-likeness (QED) is 0.179. The molecule has 0 unspecified atom stereocenters. The summed E-state index contributed by atoms with van der Waals surface area (Å²) in [6.07, 6.45) is 5.51. The predicted octanol–water partition coefficient (Wildman–Crippen LogP) is 1.68. The molecule has 0 radical (unpaired) electrons. The van der Waals surface area contributed by atoms with Gasteiger partial charge < -0.3 is 41.0 Å². The van der Waals surface area contributed by atoms with Gasteiger partial charge in [-0.15, -0.1) is 0 Å². The van der Waals surface area contributed by atoms with Crippen molar-refractivity contribution < 1.29 is 23.9 Å². The first-order valence-corrected chi connectivity index (χ1v) is 14.0. The van der Waals surface area contributed by atoms with E-state index in [4.69, 9.17) is 15.2 Å². The Balaban J connectivity index is 1.49. The predicted molar refractivity (Wildman–Crippen MR) is 161 cm³/mol. The van der Waals surface area contributed by atoms with E-state index in [0.717, 1.165) is 12.8 Å². The van der Waals surface area contributed by atoms with Crippen molar-refractivity contribution in [2.24, 2.45) is 5.73 Å². The standard InChI is InChI=1S/C29H42N8O5/c1-20-28(33-21-11-16-41-17-12-21)35-29(26(32-20)27(30)40)34-22-8-5-9-23(18-22)42-15-7-13-31-24(38)19-37(4)25(39)10-6-14-36(2)3/h5-6,8-10,18,21H,7,11-17,19H2,1-4H3,(H2,30,40)(H,31,38)(H2,33,34,35)/b10-6+. The fraction of sp³-hybridized carbons (Fsp3) is 0.483. The third-order valence-electron chi connectivity index (χ3n) is 6.36. The van der Waals surface area contributed by atoms with Crippen molar-refractivity contribution in [1.29, 1.82) is 0 Å². The van der Waals surface area contributed by atoms with E-state index < -0.39 is 5.91 Å². The van der Waals surface area contributed by atoms with Crippen LogP contribution in [0.3, 0.4) is 0 Å². The summed E-state index contributed by atoms with van der Waals surface area (Å²) >= 11 is 0. The summed E-state index contributed by atoms with van der Waals surface area (Å²) in [4.78, 5) is 48.7. The summed E-state index contributed by atoms with van der Waals surface area (Å²) in [5.74, 6) is 0.279. The number of carbonyl (C=O) groups is 3. The van der Waals surface area contributed by atoms with Crippen LogP contribution in [-0.2, 0) is 14.3 Å². The van der Waals surface area contributed by atoms with Crippen molar-refractivity contribution in [1.82, 2.24) is 25.1 Å². The molecule has 0 saturated carbocycles. The van der Waals surface area contributed by atoms with Crippen LogP contribution in [0.2, 0.25) is 0 Å². The van der Waals surface area contributed by atoms with Gasteiger partial charge in [0.2, 0.25) is 11.8 Å². The van der Waals surface area contributed by atoms with Gasteiger partial charge in [0.15, 0.2) is 11.5 Å². The minimum atomic E-state index is -0.684. The van der Waals surface area contributed by atoms with E-state index in [1.165, 1.54) is 11.0 Å². The van der Waals surface area contributed by atoms with Crippen LogP contribution in [0.1, 0.15) is 35.4 Å². The molecule has 0 atom stereocenters. The maximum Gasteiger partial charge on any atom is 0.271 e.